The van der Waals surface area contributed by atoms with Crippen LogP contribution < -0.4 is 4.52 Å². The molecule has 0 spiro atoms. The molecule has 4 heteroatoms. The first kappa shape index (κ1) is 17.6. The molecule has 0 unspecified atom stereocenters. The van der Waals surface area contributed by atoms with Crippen LogP contribution in [0.5, 0.6) is 0 Å². The van der Waals surface area contributed by atoms with E-state index in [1.165, 1.54) is 18.4 Å². The van der Waals surface area contributed by atoms with Crippen molar-refractivity contribution in [2.75, 3.05) is 0 Å². The summed E-state index contributed by atoms with van der Waals surface area (Å²) >= 11 is 0. The molecule has 28 heavy (non-hydrogen) atoms. The highest BCUT2D eigenvalue weighted by Crippen LogP contribution is 2.40. The van der Waals surface area contributed by atoms with Crippen LogP contribution in [0.4, 0.5) is 0 Å². The van der Waals surface area contributed by atoms with Crippen LogP contribution in [0.15, 0.2) is 87.3 Å². The Hall–Kier alpha value is -2.48. The first-order valence-electron chi connectivity index (χ1n) is 9.95. The Kier molecular flexibility index (Phi) is 4.95. The highest BCUT2D eigenvalue weighted by molar-refractivity contribution is 7.31. The van der Waals surface area contributed by atoms with Gasteiger partial charge in [0.2, 0.25) is 0 Å². The van der Waals surface area contributed by atoms with Gasteiger partial charge in [0.1, 0.15) is 11.2 Å². The SMILES string of the molecule is c1ccc([C@@H]2CCCC[C@H]2Op2oc3ccccc3c3ccccc3o2)cc1. The van der Waals surface area contributed by atoms with Crippen molar-refractivity contribution in [2.24, 2.45) is 0 Å². The van der Waals surface area contributed by atoms with Gasteiger partial charge >= 0.3 is 8.24 Å². The fourth-order valence-corrected chi connectivity index (χ4v) is 5.41. The number of hydrogen-bond donors (Lipinski definition) is 0. The van der Waals surface area contributed by atoms with Crippen molar-refractivity contribution >= 4 is 30.2 Å². The zero-order valence-corrected chi connectivity index (χ0v) is 16.6. The van der Waals surface area contributed by atoms with Crippen LogP contribution in [0, 0.1) is 0 Å². The van der Waals surface area contributed by atoms with Gasteiger partial charge in [0, 0.05) is 16.7 Å². The highest BCUT2D eigenvalue weighted by atomic mass is 31.1. The van der Waals surface area contributed by atoms with Crippen LogP contribution in [-0.2, 0) is 0 Å². The lowest BCUT2D eigenvalue weighted by Gasteiger charge is -2.30. The Labute approximate surface area is 165 Å². The molecule has 3 nitrogen and oxygen atoms in total. The third kappa shape index (κ3) is 3.48. The molecule has 0 saturated heterocycles. The second-order valence-electron chi connectivity index (χ2n) is 7.34. The lowest BCUT2D eigenvalue weighted by molar-refractivity contribution is 0.172. The molecule has 3 aromatic carbocycles. The number of hydrogen-bond acceptors (Lipinski definition) is 3. The maximum atomic E-state index is 6.51. The molecule has 1 saturated carbocycles. The fourth-order valence-electron chi connectivity index (χ4n) is 4.17. The Morgan fingerprint density at radius 3 is 1.93 bits per heavy atom. The van der Waals surface area contributed by atoms with E-state index in [-0.39, 0.29) is 6.10 Å². The molecule has 1 aliphatic carbocycles. The zero-order chi connectivity index (χ0) is 18.8. The average molecular weight is 390 g/mol. The molecule has 0 aliphatic heterocycles. The quantitative estimate of drug-likeness (QED) is 0.364. The van der Waals surface area contributed by atoms with Crippen molar-refractivity contribution in [3.8, 4) is 0 Å². The average Bonchev–Trinajstić information content (AvgIpc) is 2.91. The van der Waals surface area contributed by atoms with Gasteiger partial charge in [-0.25, -0.2) is 0 Å². The highest BCUT2D eigenvalue weighted by Gasteiger charge is 2.29. The molecular weight excluding hydrogens is 367 g/mol. The Balaban J connectivity index is 1.58. The Morgan fingerprint density at radius 2 is 1.25 bits per heavy atom. The topological polar surface area (TPSA) is 35.5 Å². The van der Waals surface area contributed by atoms with Crippen LogP contribution >= 0.6 is 8.24 Å². The summed E-state index contributed by atoms with van der Waals surface area (Å²) in [6.45, 7) is 0. The standard InChI is InChI=1S/C24H23O3P/c1-2-10-18(11-3-1)19-12-4-7-15-22(19)25-28-26-23-16-8-5-13-20(23)21-14-6-9-17-24(21)27-28/h1-3,5-6,8-11,13-14,16-17,19,22H,4,7,12,15H2/t19-,22+/m0/s1. The van der Waals surface area contributed by atoms with E-state index < -0.39 is 8.24 Å². The molecule has 0 amide bonds. The van der Waals surface area contributed by atoms with Gasteiger partial charge in [0.25, 0.3) is 0 Å². The maximum Gasteiger partial charge on any atom is 0.387 e. The lowest BCUT2D eigenvalue weighted by Crippen LogP contribution is -2.27. The molecule has 142 valence electrons. The molecule has 1 fully saturated rings. The molecule has 1 heterocycles. The van der Waals surface area contributed by atoms with E-state index >= 15 is 0 Å². The van der Waals surface area contributed by atoms with E-state index in [1.807, 2.05) is 36.4 Å². The maximum absolute atomic E-state index is 6.51. The molecular formula is C24H23O3P. The van der Waals surface area contributed by atoms with Gasteiger partial charge in [-0.05, 0) is 30.5 Å². The lowest BCUT2D eigenvalue weighted by atomic mass is 9.82. The van der Waals surface area contributed by atoms with Crippen molar-refractivity contribution in [3.05, 3.63) is 84.4 Å². The molecule has 0 bridgehead atoms. The molecule has 0 radical (unpaired) electrons. The van der Waals surface area contributed by atoms with E-state index in [0.29, 0.717) is 5.92 Å². The van der Waals surface area contributed by atoms with E-state index in [2.05, 4.69) is 42.5 Å². The van der Waals surface area contributed by atoms with Crippen LogP contribution in [0.3, 0.4) is 0 Å². The van der Waals surface area contributed by atoms with Gasteiger partial charge in [-0.1, -0.05) is 79.6 Å². The minimum Gasteiger partial charge on any atom is -0.399 e. The minimum absolute atomic E-state index is 0.111. The number of benzene rings is 3. The summed E-state index contributed by atoms with van der Waals surface area (Å²) in [6.07, 6.45) is 4.72. The third-order valence-electron chi connectivity index (χ3n) is 5.56. The molecule has 2 atom stereocenters. The summed E-state index contributed by atoms with van der Waals surface area (Å²) in [4.78, 5) is 0. The van der Waals surface area contributed by atoms with Crippen molar-refractivity contribution in [1.29, 1.82) is 0 Å². The Bertz CT molecular complexity index is 1060. The Morgan fingerprint density at radius 1 is 0.679 bits per heavy atom. The van der Waals surface area contributed by atoms with Gasteiger partial charge in [0.05, 0.1) is 6.10 Å². The molecule has 1 aliphatic rings. The predicted octanol–water partition coefficient (Wildman–Crippen LogP) is 7.45. The van der Waals surface area contributed by atoms with Crippen molar-refractivity contribution in [1.82, 2.24) is 0 Å². The van der Waals surface area contributed by atoms with Gasteiger partial charge in [0.15, 0.2) is 0 Å². The van der Waals surface area contributed by atoms with Crippen LogP contribution in [0.2, 0.25) is 0 Å². The van der Waals surface area contributed by atoms with E-state index in [4.69, 9.17) is 12.9 Å². The predicted molar refractivity (Wildman–Crippen MR) is 114 cm³/mol. The van der Waals surface area contributed by atoms with E-state index in [1.54, 1.807) is 0 Å². The summed E-state index contributed by atoms with van der Waals surface area (Å²) in [5, 5.41) is 2.10. The summed E-state index contributed by atoms with van der Waals surface area (Å²) in [6, 6.07) is 26.9. The number of para-hydroxylation sites is 2. The molecule has 5 rings (SSSR count). The minimum atomic E-state index is -1.51. The summed E-state index contributed by atoms with van der Waals surface area (Å²) < 4.78 is 19.0. The van der Waals surface area contributed by atoms with Crippen molar-refractivity contribution < 1.29 is 12.9 Å². The van der Waals surface area contributed by atoms with Gasteiger partial charge in [-0.15, -0.1) is 0 Å². The van der Waals surface area contributed by atoms with Crippen LogP contribution in [0.1, 0.15) is 37.2 Å². The number of fused-ring (bicyclic) bond motifs is 3. The zero-order valence-electron chi connectivity index (χ0n) is 15.7. The van der Waals surface area contributed by atoms with Gasteiger partial charge in [-0.2, -0.15) is 0 Å². The number of rotatable bonds is 3. The largest absolute Gasteiger partial charge is 0.399 e. The smallest absolute Gasteiger partial charge is 0.387 e. The second-order valence-corrected chi connectivity index (χ2v) is 8.37. The second kappa shape index (κ2) is 7.87. The van der Waals surface area contributed by atoms with Gasteiger partial charge < -0.3 is 8.39 Å². The molecule has 1 aromatic heterocycles. The van der Waals surface area contributed by atoms with Gasteiger partial charge in [-0.3, -0.25) is 4.52 Å². The molecule has 4 aromatic rings. The van der Waals surface area contributed by atoms with Crippen molar-refractivity contribution in [3.63, 3.8) is 0 Å². The third-order valence-corrected chi connectivity index (χ3v) is 6.70. The van der Waals surface area contributed by atoms with Crippen molar-refractivity contribution in [2.45, 2.75) is 37.7 Å². The fraction of sp³-hybridized carbons (Fsp3) is 0.250. The van der Waals surface area contributed by atoms with Crippen LogP contribution in [0.25, 0.3) is 21.9 Å². The monoisotopic (exact) mass is 390 g/mol. The van der Waals surface area contributed by atoms with E-state index in [0.717, 1.165) is 34.8 Å². The normalized spacial score (nSPS) is 19.7. The summed E-state index contributed by atoms with van der Waals surface area (Å²) in [5.74, 6) is 0.387. The first-order chi connectivity index (χ1) is 13.9. The van der Waals surface area contributed by atoms with Crippen LogP contribution in [-0.4, -0.2) is 6.10 Å². The summed E-state index contributed by atoms with van der Waals surface area (Å²) in [5.41, 5.74) is 2.99. The molecule has 0 N–H and O–H groups in total. The first-order valence-corrected chi connectivity index (χ1v) is 11.0. The summed E-state index contributed by atoms with van der Waals surface area (Å²) in [7, 11) is -1.51. The van der Waals surface area contributed by atoms with E-state index in [9.17, 15) is 0 Å².